The highest BCUT2D eigenvalue weighted by Gasteiger charge is 2.29. The van der Waals surface area contributed by atoms with Crippen molar-refractivity contribution < 1.29 is 9.53 Å². The van der Waals surface area contributed by atoms with Gasteiger partial charge in [-0.15, -0.1) is 0 Å². The molecule has 1 amide bonds. The van der Waals surface area contributed by atoms with Gasteiger partial charge in [-0.05, 0) is 12.7 Å². The highest BCUT2D eigenvalue weighted by atomic mass is 32.2. The standard InChI is InChI=1S/C10H20N2O2S/c1-4-9(15-3)10(13)12-7-5-11-6-8(7)14-2/h7-9,11H,4-6H2,1-3H3,(H,12,13). The Kier molecular flexibility index (Phi) is 5.42. The summed E-state index contributed by atoms with van der Waals surface area (Å²) in [7, 11) is 1.68. The van der Waals surface area contributed by atoms with E-state index in [1.165, 1.54) is 0 Å². The van der Waals surface area contributed by atoms with Crippen molar-refractivity contribution in [3.63, 3.8) is 0 Å². The molecular formula is C10H20N2O2S. The number of hydrogen-bond donors (Lipinski definition) is 2. The molecule has 1 saturated heterocycles. The fourth-order valence-corrected chi connectivity index (χ4v) is 2.40. The predicted octanol–water partition coefficient (Wildman–Crippen LogP) is 0.231. The molecule has 0 bridgehead atoms. The van der Waals surface area contributed by atoms with E-state index in [4.69, 9.17) is 4.74 Å². The molecule has 0 aromatic carbocycles. The summed E-state index contributed by atoms with van der Waals surface area (Å²) < 4.78 is 5.29. The molecule has 0 spiro atoms. The smallest absolute Gasteiger partial charge is 0.233 e. The van der Waals surface area contributed by atoms with E-state index in [1.807, 2.05) is 13.2 Å². The van der Waals surface area contributed by atoms with Gasteiger partial charge in [-0.25, -0.2) is 0 Å². The van der Waals surface area contributed by atoms with E-state index in [0.29, 0.717) is 0 Å². The van der Waals surface area contributed by atoms with Crippen molar-refractivity contribution in [3.05, 3.63) is 0 Å². The number of methoxy groups -OCH3 is 1. The summed E-state index contributed by atoms with van der Waals surface area (Å²) >= 11 is 1.60. The molecule has 2 N–H and O–H groups in total. The minimum atomic E-state index is 0.0584. The number of nitrogens with one attached hydrogen (secondary N) is 2. The fourth-order valence-electron chi connectivity index (χ4n) is 1.78. The molecule has 0 radical (unpaired) electrons. The van der Waals surface area contributed by atoms with Gasteiger partial charge in [-0.2, -0.15) is 11.8 Å². The van der Waals surface area contributed by atoms with Gasteiger partial charge in [0.2, 0.25) is 5.91 Å². The number of amides is 1. The normalized spacial score (nSPS) is 27.7. The lowest BCUT2D eigenvalue weighted by Gasteiger charge is -2.21. The first-order valence-electron chi connectivity index (χ1n) is 5.29. The molecule has 5 heteroatoms. The number of carbonyl (C=O) groups is 1. The van der Waals surface area contributed by atoms with Crippen molar-refractivity contribution >= 4 is 17.7 Å². The third-order valence-corrected chi connectivity index (χ3v) is 3.85. The maximum absolute atomic E-state index is 11.8. The summed E-state index contributed by atoms with van der Waals surface area (Å²) in [6.07, 6.45) is 2.94. The topological polar surface area (TPSA) is 50.4 Å². The Morgan fingerprint density at radius 1 is 1.67 bits per heavy atom. The van der Waals surface area contributed by atoms with Gasteiger partial charge in [0, 0.05) is 20.2 Å². The molecule has 1 heterocycles. The third-order valence-electron chi connectivity index (χ3n) is 2.74. The molecular weight excluding hydrogens is 212 g/mol. The molecule has 88 valence electrons. The lowest BCUT2D eigenvalue weighted by molar-refractivity contribution is -0.121. The van der Waals surface area contributed by atoms with Crippen LogP contribution in [-0.4, -0.2) is 49.8 Å². The maximum atomic E-state index is 11.8. The molecule has 0 aromatic heterocycles. The first-order chi connectivity index (χ1) is 7.22. The molecule has 1 aliphatic rings. The number of ether oxygens (including phenoxy) is 1. The SMILES string of the molecule is CCC(SC)C(=O)NC1CNCC1OC. The predicted molar refractivity (Wildman–Crippen MR) is 63.2 cm³/mol. The van der Waals surface area contributed by atoms with Gasteiger partial charge in [0.15, 0.2) is 0 Å². The van der Waals surface area contributed by atoms with Crippen molar-refractivity contribution in [2.24, 2.45) is 0 Å². The summed E-state index contributed by atoms with van der Waals surface area (Å²) in [4.78, 5) is 11.8. The minimum absolute atomic E-state index is 0.0584. The largest absolute Gasteiger partial charge is 0.378 e. The molecule has 0 aliphatic carbocycles. The summed E-state index contributed by atoms with van der Waals surface area (Å²) in [5.74, 6) is 0.126. The van der Waals surface area contributed by atoms with Crippen LogP contribution in [0.4, 0.5) is 0 Å². The van der Waals surface area contributed by atoms with Crippen LogP contribution in [0.3, 0.4) is 0 Å². The Morgan fingerprint density at radius 3 is 2.93 bits per heavy atom. The van der Waals surface area contributed by atoms with Crippen molar-refractivity contribution in [2.75, 3.05) is 26.5 Å². The number of rotatable bonds is 5. The van der Waals surface area contributed by atoms with E-state index in [2.05, 4.69) is 10.6 Å². The zero-order chi connectivity index (χ0) is 11.3. The molecule has 0 aromatic rings. The van der Waals surface area contributed by atoms with Crippen molar-refractivity contribution in [1.82, 2.24) is 10.6 Å². The molecule has 1 rings (SSSR count). The number of hydrogen-bond acceptors (Lipinski definition) is 4. The van der Waals surface area contributed by atoms with Crippen LogP contribution in [0.1, 0.15) is 13.3 Å². The van der Waals surface area contributed by atoms with Gasteiger partial charge >= 0.3 is 0 Å². The van der Waals surface area contributed by atoms with Gasteiger partial charge in [0.05, 0.1) is 17.4 Å². The Labute approximate surface area is 95.5 Å². The second-order valence-electron chi connectivity index (χ2n) is 3.68. The Balaban J connectivity index is 2.42. The van der Waals surface area contributed by atoms with E-state index in [-0.39, 0.29) is 23.3 Å². The van der Waals surface area contributed by atoms with Crippen LogP contribution in [0, 0.1) is 0 Å². The minimum Gasteiger partial charge on any atom is -0.378 e. The first-order valence-corrected chi connectivity index (χ1v) is 6.58. The first kappa shape index (κ1) is 12.8. The number of carbonyl (C=O) groups excluding carboxylic acids is 1. The van der Waals surface area contributed by atoms with Crippen LogP contribution < -0.4 is 10.6 Å². The molecule has 1 aliphatic heterocycles. The lowest BCUT2D eigenvalue weighted by atomic mass is 10.2. The second-order valence-corrected chi connectivity index (χ2v) is 4.72. The average molecular weight is 232 g/mol. The molecule has 4 nitrogen and oxygen atoms in total. The summed E-state index contributed by atoms with van der Waals surface area (Å²) in [6, 6.07) is 0.115. The average Bonchev–Trinajstić information content (AvgIpc) is 2.67. The lowest BCUT2D eigenvalue weighted by Crippen LogP contribution is -2.46. The Bertz CT molecular complexity index is 210. The fraction of sp³-hybridized carbons (Fsp3) is 0.900. The molecule has 3 unspecified atom stereocenters. The Hall–Kier alpha value is -0.260. The van der Waals surface area contributed by atoms with Crippen LogP contribution in [0.2, 0.25) is 0 Å². The van der Waals surface area contributed by atoms with Crippen LogP contribution in [0.25, 0.3) is 0 Å². The van der Waals surface area contributed by atoms with Gasteiger partial charge in [-0.1, -0.05) is 6.92 Å². The molecule has 1 fully saturated rings. The maximum Gasteiger partial charge on any atom is 0.233 e. The zero-order valence-corrected chi connectivity index (χ0v) is 10.4. The van der Waals surface area contributed by atoms with E-state index in [0.717, 1.165) is 19.5 Å². The van der Waals surface area contributed by atoms with Gasteiger partial charge < -0.3 is 15.4 Å². The number of thioether (sulfide) groups is 1. The van der Waals surface area contributed by atoms with E-state index >= 15 is 0 Å². The highest BCUT2D eigenvalue weighted by Crippen LogP contribution is 2.12. The van der Waals surface area contributed by atoms with Crippen LogP contribution >= 0.6 is 11.8 Å². The van der Waals surface area contributed by atoms with E-state index in [9.17, 15) is 4.79 Å². The molecule has 3 atom stereocenters. The van der Waals surface area contributed by atoms with Crippen molar-refractivity contribution in [1.29, 1.82) is 0 Å². The third kappa shape index (κ3) is 3.36. The second kappa shape index (κ2) is 6.35. The van der Waals surface area contributed by atoms with E-state index in [1.54, 1.807) is 18.9 Å². The molecule has 15 heavy (non-hydrogen) atoms. The summed E-state index contributed by atoms with van der Waals surface area (Å²) in [6.45, 7) is 3.65. The highest BCUT2D eigenvalue weighted by molar-refractivity contribution is 7.99. The monoisotopic (exact) mass is 232 g/mol. The summed E-state index contributed by atoms with van der Waals surface area (Å²) in [5, 5.41) is 6.30. The van der Waals surface area contributed by atoms with Gasteiger partial charge in [-0.3, -0.25) is 4.79 Å². The van der Waals surface area contributed by atoms with Gasteiger partial charge in [0.1, 0.15) is 0 Å². The molecule has 0 saturated carbocycles. The van der Waals surface area contributed by atoms with E-state index < -0.39 is 0 Å². The Morgan fingerprint density at radius 2 is 2.40 bits per heavy atom. The van der Waals surface area contributed by atoms with Crippen LogP contribution in [0.5, 0.6) is 0 Å². The van der Waals surface area contributed by atoms with Crippen LogP contribution in [-0.2, 0) is 9.53 Å². The van der Waals surface area contributed by atoms with Crippen LogP contribution in [0.15, 0.2) is 0 Å². The van der Waals surface area contributed by atoms with Crippen molar-refractivity contribution in [2.45, 2.75) is 30.7 Å². The van der Waals surface area contributed by atoms with Gasteiger partial charge in [0.25, 0.3) is 0 Å². The summed E-state index contributed by atoms with van der Waals surface area (Å²) in [5.41, 5.74) is 0. The zero-order valence-electron chi connectivity index (χ0n) is 9.58. The quantitative estimate of drug-likeness (QED) is 0.712. The van der Waals surface area contributed by atoms with Crippen molar-refractivity contribution in [3.8, 4) is 0 Å².